The monoisotopic (exact) mass is 574 g/mol. The van der Waals surface area contributed by atoms with Gasteiger partial charge in [0.05, 0.1) is 27.6 Å². The van der Waals surface area contributed by atoms with Crippen molar-refractivity contribution in [3.63, 3.8) is 0 Å². The van der Waals surface area contributed by atoms with Crippen molar-refractivity contribution < 1.29 is 4.42 Å². The first-order valence-electron chi connectivity index (χ1n) is 15.4. The number of fused-ring (bicyclic) bond motifs is 9. The van der Waals surface area contributed by atoms with E-state index in [-0.39, 0.29) is 0 Å². The molecule has 7 aromatic carbocycles. The van der Waals surface area contributed by atoms with Crippen molar-refractivity contribution in [2.75, 3.05) is 0 Å². The highest BCUT2D eigenvalue weighted by Crippen LogP contribution is 2.44. The van der Waals surface area contributed by atoms with Gasteiger partial charge in [0.1, 0.15) is 5.58 Å². The van der Waals surface area contributed by atoms with E-state index < -0.39 is 0 Å². The molecule has 0 radical (unpaired) electrons. The molecular weight excluding hydrogens is 548 g/mol. The summed E-state index contributed by atoms with van der Waals surface area (Å²) < 4.78 is 11.3. The molecule has 0 aliphatic heterocycles. The minimum absolute atomic E-state index is 0.872. The molecule has 10 rings (SSSR count). The van der Waals surface area contributed by atoms with Crippen LogP contribution in [0.4, 0.5) is 0 Å². The summed E-state index contributed by atoms with van der Waals surface area (Å²) >= 11 is 0. The summed E-state index contributed by atoms with van der Waals surface area (Å²) in [7, 11) is 0. The second-order valence-corrected chi connectivity index (χ2v) is 11.7. The zero-order valence-electron chi connectivity index (χ0n) is 24.3. The molecule has 0 N–H and O–H groups in total. The van der Waals surface area contributed by atoms with Crippen molar-refractivity contribution in [2.45, 2.75) is 0 Å². The third-order valence-corrected chi connectivity index (χ3v) is 9.34. The van der Waals surface area contributed by atoms with Gasteiger partial charge in [-0.2, -0.15) is 0 Å². The number of furan rings is 1. The largest absolute Gasteiger partial charge is 0.439 e. The lowest BCUT2D eigenvalue weighted by Crippen LogP contribution is -1.95. The van der Waals surface area contributed by atoms with Crippen molar-refractivity contribution >= 4 is 65.6 Å². The number of aromatic nitrogens is 2. The molecule has 3 heterocycles. The molecule has 0 amide bonds. The number of para-hydroxylation sites is 3. The SMILES string of the molecule is c1ccc2c(-n3c4cccc(-c5ccc(-n6c7ccccc7c7ccccc76)cc5)c4c4c5ccccc5oc43)cccc2c1. The highest BCUT2D eigenvalue weighted by Gasteiger charge is 2.23. The van der Waals surface area contributed by atoms with Gasteiger partial charge in [-0.25, -0.2) is 0 Å². The van der Waals surface area contributed by atoms with Crippen LogP contribution in [0.3, 0.4) is 0 Å². The Bertz CT molecular complexity index is 2700. The van der Waals surface area contributed by atoms with E-state index in [0.29, 0.717) is 0 Å². The van der Waals surface area contributed by atoms with Gasteiger partial charge in [0.15, 0.2) is 0 Å². The summed E-state index contributed by atoms with van der Waals surface area (Å²) in [5.74, 6) is 0. The van der Waals surface area contributed by atoms with Crippen LogP contribution in [0, 0.1) is 0 Å². The minimum atomic E-state index is 0.872. The summed E-state index contributed by atoms with van der Waals surface area (Å²) in [6.45, 7) is 0. The topological polar surface area (TPSA) is 23.0 Å². The molecule has 0 atom stereocenters. The van der Waals surface area contributed by atoms with Crippen molar-refractivity contribution in [3.05, 3.63) is 158 Å². The van der Waals surface area contributed by atoms with E-state index in [1.165, 1.54) is 49.1 Å². The van der Waals surface area contributed by atoms with E-state index >= 15 is 0 Å². The molecule has 0 bridgehead atoms. The van der Waals surface area contributed by atoms with Crippen LogP contribution in [0.5, 0.6) is 0 Å². The Morgan fingerprint density at radius 1 is 0.400 bits per heavy atom. The first-order chi connectivity index (χ1) is 22.3. The highest BCUT2D eigenvalue weighted by atomic mass is 16.3. The normalized spacial score (nSPS) is 12.0. The lowest BCUT2D eigenvalue weighted by atomic mass is 9.98. The van der Waals surface area contributed by atoms with E-state index in [2.05, 4.69) is 161 Å². The molecule has 0 spiro atoms. The summed E-state index contributed by atoms with van der Waals surface area (Å²) in [6.07, 6.45) is 0. The van der Waals surface area contributed by atoms with Crippen LogP contribution < -0.4 is 0 Å². The van der Waals surface area contributed by atoms with Crippen molar-refractivity contribution in [3.8, 4) is 22.5 Å². The molecule has 0 saturated heterocycles. The average Bonchev–Trinajstić information content (AvgIpc) is 3.75. The van der Waals surface area contributed by atoms with E-state index in [1.807, 2.05) is 6.07 Å². The maximum absolute atomic E-state index is 6.67. The molecule has 0 saturated carbocycles. The lowest BCUT2D eigenvalue weighted by molar-refractivity contribution is 0.646. The van der Waals surface area contributed by atoms with Gasteiger partial charge in [0.2, 0.25) is 5.71 Å². The second-order valence-electron chi connectivity index (χ2n) is 11.7. The Kier molecular flexibility index (Phi) is 5.00. The number of nitrogens with zero attached hydrogens (tertiary/aromatic N) is 2. The summed E-state index contributed by atoms with van der Waals surface area (Å²) in [4.78, 5) is 0. The maximum Gasteiger partial charge on any atom is 0.213 e. The quantitative estimate of drug-likeness (QED) is 0.206. The van der Waals surface area contributed by atoms with Crippen LogP contribution in [0.1, 0.15) is 0 Å². The zero-order valence-corrected chi connectivity index (χ0v) is 24.3. The average molecular weight is 575 g/mol. The fourth-order valence-corrected chi connectivity index (χ4v) is 7.40. The fraction of sp³-hybridized carbons (Fsp3) is 0. The maximum atomic E-state index is 6.67. The second kappa shape index (κ2) is 9.22. The Labute approximate surface area is 258 Å². The molecular formula is C42H26N2O. The number of hydrogen-bond donors (Lipinski definition) is 0. The summed E-state index contributed by atoms with van der Waals surface area (Å²) in [6, 6.07) is 56.4. The van der Waals surface area contributed by atoms with Crippen molar-refractivity contribution in [2.24, 2.45) is 0 Å². The van der Waals surface area contributed by atoms with E-state index in [9.17, 15) is 0 Å². The predicted molar refractivity (Wildman–Crippen MR) is 188 cm³/mol. The molecule has 3 nitrogen and oxygen atoms in total. The molecule has 0 aliphatic carbocycles. The van der Waals surface area contributed by atoms with Crippen LogP contribution in [-0.2, 0) is 0 Å². The molecule has 210 valence electrons. The number of hydrogen-bond acceptors (Lipinski definition) is 1. The van der Waals surface area contributed by atoms with E-state index in [0.717, 1.165) is 39.0 Å². The Hall–Kier alpha value is -6.06. The van der Waals surface area contributed by atoms with Crippen molar-refractivity contribution in [1.29, 1.82) is 0 Å². The number of rotatable bonds is 3. The minimum Gasteiger partial charge on any atom is -0.439 e. The Morgan fingerprint density at radius 2 is 1.00 bits per heavy atom. The Balaban J connectivity index is 1.24. The van der Waals surface area contributed by atoms with Gasteiger partial charge in [0, 0.05) is 32.6 Å². The predicted octanol–water partition coefficient (Wildman–Crippen LogP) is 11.4. The van der Waals surface area contributed by atoms with Gasteiger partial charge >= 0.3 is 0 Å². The first-order valence-corrected chi connectivity index (χ1v) is 15.4. The van der Waals surface area contributed by atoms with E-state index in [4.69, 9.17) is 4.42 Å². The van der Waals surface area contributed by atoms with Crippen LogP contribution >= 0.6 is 0 Å². The third kappa shape index (κ3) is 3.41. The first kappa shape index (κ1) is 24.4. The molecule has 0 fully saturated rings. The van der Waals surface area contributed by atoms with Gasteiger partial charge < -0.3 is 8.98 Å². The van der Waals surface area contributed by atoms with Gasteiger partial charge in [0.25, 0.3) is 0 Å². The molecule has 10 aromatic rings. The summed E-state index contributed by atoms with van der Waals surface area (Å²) in [5, 5.41) is 8.42. The van der Waals surface area contributed by atoms with Gasteiger partial charge in [-0.05, 0) is 59.0 Å². The zero-order chi connectivity index (χ0) is 29.5. The van der Waals surface area contributed by atoms with Crippen molar-refractivity contribution in [1.82, 2.24) is 9.13 Å². The Morgan fingerprint density at radius 3 is 1.78 bits per heavy atom. The number of benzene rings is 7. The highest BCUT2D eigenvalue weighted by molar-refractivity contribution is 6.24. The molecule has 45 heavy (non-hydrogen) atoms. The lowest BCUT2D eigenvalue weighted by Gasteiger charge is -2.12. The van der Waals surface area contributed by atoms with Gasteiger partial charge in [-0.15, -0.1) is 0 Å². The van der Waals surface area contributed by atoms with Crippen LogP contribution in [0.25, 0.3) is 88.1 Å². The van der Waals surface area contributed by atoms with Gasteiger partial charge in [-0.1, -0.05) is 115 Å². The van der Waals surface area contributed by atoms with Crippen LogP contribution in [-0.4, -0.2) is 9.13 Å². The standard InChI is InChI=1S/C42H26N2O/c1-2-13-30-27(11-1)12-9-20-35(30)44-38-21-10-17-31(40(38)41-34-16-5-8-22-39(34)45-42(41)44)28-23-25-29(26-24-28)43-36-18-6-3-14-32(36)33-15-4-7-19-37(33)43/h1-26H. The molecule has 0 aliphatic rings. The molecule has 0 unspecified atom stereocenters. The summed E-state index contributed by atoms with van der Waals surface area (Å²) in [5.41, 5.74) is 9.96. The van der Waals surface area contributed by atoms with Gasteiger partial charge in [-0.3, -0.25) is 4.57 Å². The molecule has 3 heteroatoms. The third-order valence-electron chi connectivity index (χ3n) is 9.34. The van der Waals surface area contributed by atoms with Crippen LogP contribution in [0.2, 0.25) is 0 Å². The van der Waals surface area contributed by atoms with E-state index in [1.54, 1.807) is 0 Å². The molecule has 3 aromatic heterocycles. The van der Waals surface area contributed by atoms with Crippen LogP contribution in [0.15, 0.2) is 162 Å². The smallest absolute Gasteiger partial charge is 0.213 e. The fourth-order valence-electron chi connectivity index (χ4n) is 7.40.